The number of fused-ring (bicyclic) bond motifs is 1. The minimum absolute atomic E-state index is 0.0843. The number of hydrogen-bond donors (Lipinski definition) is 1. The number of ether oxygens (including phenoxy) is 2. The first-order chi connectivity index (χ1) is 15.9. The molecule has 3 aromatic rings. The average molecular weight is 506 g/mol. The second-order valence-electron chi connectivity index (χ2n) is 9.49. The number of hydrogen-bond acceptors (Lipinski definition) is 6. The molecule has 0 bridgehead atoms. The largest absolute Gasteiger partial charge is 0.489 e. The van der Waals surface area contributed by atoms with Gasteiger partial charge in [0, 0.05) is 43.6 Å². The van der Waals surface area contributed by atoms with Gasteiger partial charge >= 0.3 is 12.1 Å². The van der Waals surface area contributed by atoms with Gasteiger partial charge in [-0.05, 0) is 51.5 Å². The first-order valence-corrected chi connectivity index (χ1v) is 12.3. The molecule has 1 N–H and O–H groups in total. The lowest BCUT2D eigenvalue weighted by molar-refractivity contribution is 0.0126. The third-order valence-electron chi connectivity index (χ3n) is 5.59. The van der Waals surface area contributed by atoms with E-state index < -0.39 is 11.6 Å². The van der Waals surface area contributed by atoms with Crippen LogP contribution in [0.5, 0.6) is 5.75 Å². The van der Waals surface area contributed by atoms with Crippen LogP contribution in [0, 0.1) is 6.92 Å². The predicted molar refractivity (Wildman–Crippen MR) is 132 cm³/mol. The van der Waals surface area contributed by atoms with Crippen LogP contribution in [-0.2, 0) is 11.8 Å². The standard InChI is InChI=1S/C24H28ClN3O5S/c1-13-10-14(25)11-16(19-21-17(26-27(19)5)12-18(34-21)22(29)30)20(13)32-15-6-8-28(9-7-15)23(31)33-24(2,3)4/h10-12,15H,6-9H2,1-5H3,(H,29,30). The fraction of sp³-hybridized carbons (Fsp3) is 0.458. The normalized spacial score (nSPS) is 15.1. The number of rotatable bonds is 4. The number of halogens is 1. The molecule has 1 fully saturated rings. The predicted octanol–water partition coefficient (Wildman–Crippen LogP) is 5.74. The van der Waals surface area contributed by atoms with Crippen LogP contribution in [0.15, 0.2) is 18.2 Å². The van der Waals surface area contributed by atoms with Crippen molar-refractivity contribution in [1.82, 2.24) is 14.7 Å². The van der Waals surface area contributed by atoms with E-state index in [4.69, 9.17) is 21.1 Å². The number of nitrogens with zero attached hydrogens (tertiary/aromatic N) is 3. The quantitative estimate of drug-likeness (QED) is 0.486. The van der Waals surface area contributed by atoms with Gasteiger partial charge < -0.3 is 19.5 Å². The number of piperidine rings is 1. The number of likely N-dealkylation sites (tertiary alicyclic amines) is 1. The minimum Gasteiger partial charge on any atom is -0.489 e. The maximum Gasteiger partial charge on any atom is 0.410 e. The van der Waals surface area contributed by atoms with E-state index in [1.54, 1.807) is 15.6 Å². The molecule has 4 rings (SSSR count). The minimum atomic E-state index is -0.980. The summed E-state index contributed by atoms with van der Waals surface area (Å²) in [4.78, 5) is 25.8. The number of amides is 1. The Labute approximate surface area is 207 Å². The molecule has 0 unspecified atom stereocenters. The van der Waals surface area contributed by atoms with E-state index in [1.165, 1.54) is 11.3 Å². The molecule has 1 saturated heterocycles. The van der Waals surface area contributed by atoms with Crippen molar-refractivity contribution >= 4 is 45.2 Å². The number of thiophene rings is 1. The molecule has 8 nitrogen and oxygen atoms in total. The first-order valence-electron chi connectivity index (χ1n) is 11.1. The number of carboxylic acids is 1. The zero-order valence-electron chi connectivity index (χ0n) is 19.8. The molecule has 0 atom stereocenters. The van der Waals surface area contributed by atoms with E-state index in [-0.39, 0.29) is 17.1 Å². The zero-order valence-corrected chi connectivity index (χ0v) is 21.4. The number of carbonyl (C=O) groups excluding carboxylic acids is 1. The molecule has 2 aromatic heterocycles. The van der Waals surface area contributed by atoms with Gasteiger partial charge in [-0.2, -0.15) is 5.10 Å². The van der Waals surface area contributed by atoms with Gasteiger partial charge in [-0.3, -0.25) is 4.68 Å². The SMILES string of the molecule is Cc1cc(Cl)cc(-c2c3sc(C(=O)O)cc3nn2C)c1OC1CCN(C(=O)OC(C)(C)C)CC1. The molecule has 1 amide bonds. The molecule has 3 heterocycles. The molecular weight excluding hydrogens is 478 g/mol. The molecule has 1 aliphatic rings. The van der Waals surface area contributed by atoms with Crippen molar-refractivity contribution in [3.8, 4) is 17.0 Å². The van der Waals surface area contributed by atoms with Crippen LogP contribution < -0.4 is 4.74 Å². The van der Waals surface area contributed by atoms with Crippen LogP contribution >= 0.6 is 22.9 Å². The van der Waals surface area contributed by atoms with Gasteiger partial charge in [0.05, 0.1) is 10.4 Å². The lowest BCUT2D eigenvalue weighted by atomic mass is 10.0. The molecular formula is C24H28ClN3O5S. The maximum absolute atomic E-state index is 12.4. The number of benzene rings is 1. The van der Waals surface area contributed by atoms with Crippen molar-refractivity contribution in [2.24, 2.45) is 7.05 Å². The van der Waals surface area contributed by atoms with Crippen molar-refractivity contribution in [1.29, 1.82) is 0 Å². The lowest BCUT2D eigenvalue weighted by Crippen LogP contribution is -2.44. The third-order valence-corrected chi connectivity index (χ3v) is 6.93. The van der Waals surface area contributed by atoms with Gasteiger partial charge in [-0.25, -0.2) is 9.59 Å². The summed E-state index contributed by atoms with van der Waals surface area (Å²) in [5, 5.41) is 14.5. The molecule has 34 heavy (non-hydrogen) atoms. The summed E-state index contributed by atoms with van der Waals surface area (Å²) in [6.45, 7) is 8.59. The summed E-state index contributed by atoms with van der Waals surface area (Å²) < 4.78 is 14.5. The number of carbonyl (C=O) groups is 2. The maximum atomic E-state index is 12.4. The highest BCUT2D eigenvalue weighted by molar-refractivity contribution is 7.21. The van der Waals surface area contributed by atoms with E-state index in [1.807, 2.05) is 46.9 Å². The highest BCUT2D eigenvalue weighted by Gasteiger charge is 2.29. The summed E-state index contributed by atoms with van der Waals surface area (Å²) >= 11 is 7.60. The van der Waals surface area contributed by atoms with Gasteiger partial charge in [0.25, 0.3) is 0 Å². The summed E-state index contributed by atoms with van der Waals surface area (Å²) in [6, 6.07) is 5.26. The van der Waals surface area contributed by atoms with Crippen molar-refractivity contribution < 1.29 is 24.2 Å². The Morgan fingerprint density at radius 1 is 1.21 bits per heavy atom. The van der Waals surface area contributed by atoms with Crippen molar-refractivity contribution in [3.05, 3.63) is 33.7 Å². The molecule has 0 spiro atoms. The number of aromatic nitrogens is 2. The van der Waals surface area contributed by atoms with Crippen LogP contribution in [0.3, 0.4) is 0 Å². The van der Waals surface area contributed by atoms with E-state index in [0.29, 0.717) is 42.2 Å². The Kier molecular flexibility index (Phi) is 6.52. The third kappa shape index (κ3) is 5.00. The molecule has 1 aliphatic heterocycles. The molecule has 0 saturated carbocycles. The summed E-state index contributed by atoms with van der Waals surface area (Å²) in [6.07, 6.45) is 0.949. The van der Waals surface area contributed by atoms with Crippen LogP contribution in [0.2, 0.25) is 5.02 Å². The van der Waals surface area contributed by atoms with Crippen molar-refractivity contribution in [3.63, 3.8) is 0 Å². The Morgan fingerprint density at radius 2 is 1.88 bits per heavy atom. The molecule has 0 radical (unpaired) electrons. The van der Waals surface area contributed by atoms with E-state index >= 15 is 0 Å². The molecule has 182 valence electrons. The van der Waals surface area contributed by atoms with E-state index in [2.05, 4.69) is 5.10 Å². The number of aromatic carboxylic acids is 1. The summed E-state index contributed by atoms with van der Waals surface area (Å²) in [5.74, 6) is -0.289. The lowest BCUT2D eigenvalue weighted by Gasteiger charge is -2.34. The van der Waals surface area contributed by atoms with Gasteiger partial charge in [-0.1, -0.05) is 11.6 Å². The Bertz CT molecular complexity index is 1250. The fourth-order valence-electron chi connectivity index (χ4n) is 4.10. The Balaban J connectivity index is 1.61. The van der Waals surface area contributed by atoms with Crippen LogP contribution in [0.1, 0.15) is 48.8 Å². The second-order valence-corrected chi connectivity index (χ2v) is 11.0. The van der Waals surface area contributed by atoms with Gasteiger partial charge in [0.2, 0.25) is 0 Å². The Hall–Kier alpha value is -2.78. The average Bonchev–Trinajstić information content (AvgIpc) is 3.26. The van der Waals surface area contributed by atoms with E-state index in [9.17, 15) is 14.7 Å². The first kappa shape index (κ1) is 24.3. The fourth-order valence-corrected chi connectivity index (χ4v) is 5.39. The van der Waals surface area contributed by atoms with Gasteiger partial charge in [0.1, 0.15) is 27.8 Å². The highest BCUT2D eigenvalue weighted by atomic mass is 35.5. The summed E-state index contributed by atoms with van der Waals surface area (Å²) in [7, 11) is 1.82. The smallest absolute Gasteiger partial charge is 0.410 e. The zero-order chi connectivity index (χ0) is 24.8. The molecule has 1 aromatic carbocycles. The van der Waals surface area contributed by atoms with Crippen LogP contribution in [0.4, 0.5) is 4.79 Å². The second kappa shape index (κ2) is 9.11. The van der Waals surface area contributed by atoms with Crippen LogP contribution in [0.25, 0.3) is 21.5 Å². The van der Waals surface area contributed by atoms with Crippen molar-refractivity contribution in [2.45, 2.75) is 52.2 Å². The monoisotopic (exact) mass is 505 g/mol. The van der Waals surface area contributed by atoms with E-state index in [0.717, 1.165) is 21.5 Å². The topological polar surface area (TPSA) is 93.9 Å². The molecule has 10 heteroatoms. The number of carboxylic acid groups (broad SMARTS) is 1. The van der Waals surface area contributed by atoms with Gasteiger partial charge in [0.15, 0.2) is 0 Å². The Morgan fingerprint density at radius 3 is 2.50 bits per heavy atom. The van der Waals surface area contributed by atoms with Crippen LogP contribution in [-0.4, -0.2) is 56.6 Å². The van der Waals surface area contributed by atoms with Gasteiger partial charge in [-0.15, -0.1) is 11.3 Å². The summed E-state index contributed by atoms with van der Waals surface area (Å²) in [5.41, 5.74) is 2.49. The highest BCUT2D eigenvalue weighted by Crippen LogP contribution is 2.42. The number of aryl methyl sites for hydroxylation is 2. The molecule has 0 aliphatic carbocycles. The van der Waals surface area contributed by atoms with Crippen molar-refractivity contribution in [2.75, 3.05) is 13.1 Å².